The summed E-state index contributed by atoms with van der Waals surface area (Å²) in [5.41, 5.74) is 1.82. The van der Waals surface area contributed by atoms with Crippen molar-refractivity contribution in [3.63, 3.8) is 0 Å². The molecule has 0 amide bonds. The molecule has 2 aliphatic rings. The topological polar surface area (TPSA) is 119 Å². The molecule has 4 atom stereocenters. The fourth-order valence-corrected chi connectivity index (χ4v) is 7.51. The van der Waals surface area contributed by atoms with Gasteiger partial charge in [-0.25, -0.2) is 22.7 Å². The third kappa shape index (κ3) is 6.58. The van der Waals surface area contributed by atoms with E-state index in [9.17, 15) is 21.6 Å². The molecule has 15 heteroatoms. The van der Waals surface area contributed by atoms with E-state index in [0.717, 1.165) is 10.2 Å². The average molecular weight is 615 g/mol. The molecule has 1 aromatic carbocycles. The first-order valence-electron chi connectivity index (χ1n) is 13.3. The Kier molecular flexibility index (Phi) is 7.96. The van der Waals surface area contributed by atoms with E-state index in [1.165, 1.54) is 21.9 Å². The molecule has 3 aromatic rings. The number of ether oxygens (including phenoxy) is 2. The van der Waals surface area contributed by atoms with Crippen LogP contribution in [0, 0.1) is 12.8 Å². The minimum atomic E-state index is -4.45. The van der Waals surface area contributed by atoms with Crippen LogP contribution in [0.5, 0.6) is 0 Å². The van der Waals surface area contributed by atoms with Crippen molar-refractivity contribution in [3.8, 4) is 10.6 Å². The van der Waals surface area contributed by atoms with Crippen LogP contribution in [0.25, 0.3) is 20.8 Å². The number of nitrogens with zero attached hydrogens (tertiary/aromatic N) is 4. The van der Waals surface area contributed by atoms with Crippen LogP contribution in [0.1, 0.15) is 32.9 Å². The lowest BCUT2D eigenvalue weighted by atomic mass is 10.1. The predicted molar refractivity (Wildman–Crippen MR) is 151 cm³/mol. The molecular formula is C26H33F3N6O4S2. The Morgan fingerprint density at radius 3 is 2.51 bits per heavy atom. The number of thiazole rings is 1. The van der Waals surface area contributed by atoms with Gasteiger partial charge in [-0.1, -0.05) is 19.1 Å². The van der Waals surface area contributed by atoms with Gasteiger partial charge in [0, 0.05) is 19.0 Å². The number of anilines is 2. The van der Waals surface area contributed by atoms with Crippen LogP contribution in [-0.2, 0) is 19.5 Å². The Morgan fingerprint density at radius 1 is 1.15 bits per heavy atom. The maximum Gasteiger partial charge on any atom is 0.405 e. The molecular weight excluding hydrogens is 581 g/mol. The second-order valence-electron chi connectivity index (χ2n) is 10.8. The number of alkyl halides is 3. The van der Waals surface area contributed by atoms with Gasteiger partial charge in [0.2, 0.25) is 16.0 Å². The summed E-state index contributed by atoms with van der Waals surface area (Å²) < 4.78 is 78.5. The molecule has 0 unspecified atom stereocenters. The molecule has 0 bridgehead atoms. The van der Waals surface area contributed by atoms with E-state index in [2.05, 4.69) is 20.6 Å². The smallest absolute Gasteiger partial charge is 0.364 e. The lowest BCUT2D eigenvalue weighted by Gasteiger charge is -2.27. The van der Waals surface area contributed by atoms with Crippen LogP contribution in [0.4, 0.5) is 24.9 Å². The summed E-state index contributed by atoms with van der Waals surface area (Å²) in [6, 6.07) is 7.25. The van der Waals surface area contributed by atoms with Crippen molar-refractivity contribution in [2.45, 2.75) is 64.3 Å². The molecule has 2 aromatic heterocycles. The number of sulfonamides is 1. The Balaban J connectivity index is 1.52. The molecule has 5 rings (SSSR count). The number of hydrogen-bond acceptors (Lipinski definition) is 10. The zero-order valence-corrected chi connectivity index (χ0v) is 25.0. The highest BCUT2D eigenvalue weighted by molar-refractivity contribution is 7.88. The van der Waals surface area contributed by atoms with Gasteiger partial charge in [0.05, 0.1) is 39.9 Å². The van der Waals surface area contributed by atoms with Gasteiger partial charge < -0.3 is 20.1 Å². The van der Waals surface area contributed by atoms with Crippen molar-refractivity contribution in [1.29, 1.82) is 0 Å². The molecule has 41 heavy (non-hydrogen) atoms. The summed E-state index contributed by atoms with van der Waals surface area (Å²) >= 11 is 1.43. The molecule has 10 nitrogen and oxygen atoms in total. The van der Waals surface area contributed by atoms with Gasteiger partial charge >= 0.3 is 6.18 Å². The zero-order valence-electron chi connectivity index (χ0n) is 23.3. The Labute approximate surface area is 240 Å². The summed E-state index contributed by atoms with van der Waals surface area (Å²) in [7, 11) is -3.43. The summed E-state index contributed by atoms with van der Waals surface area (Å²) in [5, 5.41) is 6.33. The number of hydrogen-bond donors (Lipinski definition) is 2. The molecule has 0 spiro atoms. The number of para-hydroxylation sites is 1. The maximum absolute atomic E-state index is 13.0. The lowest BCUT2D eigenvalue weighted by Crippen LogP contribution is -2.38. The third-order valence-electron chi connectivity index (χ3n) is 7.21. The normalized spacial score (nSPS) is 24.2. The quantitative estimate of drug-likeness (QED) is 0.356. The van der Waals surface area contributed by atoms with Crippen molar-refractivity contribution in [3.05, 3.63) is 30.0 Å². The van der Waals surface area contributed by atoms with Gasteiger partial charge in [-0.2, -0.15) is 18.2 Å². The van der Waals surface area contributed by atoms with E-state index in [1.54, 1.807) is 27.7 Å². The van der Waals surface area contributed by atoms with Crippen LogP contribution in [0.15, 0.2) is 24.3 Å². The molecule has 2 N–H and O–H groups in total. The number of benzene rings is 1. The first-order valence-corrected chi connectivity index (χ1v) is 15.9. The third-order valence-corrected chi connectivity index (χ3v) is 9.61. The first kappa shape index (κ1) is 29.9. The predicted octanol–water partition coefficient (Wildman–Crippen LogP) is 4.64. The van der Waals surface area contributed by atoms with Crippen molar-refractivity contribution >= 4 is 43.3 Å². The molecule has 1 aliphatic heterocycles. The minimum absolute atomic E-state index is 0.170. The van der Waals surface area contributed by atoms with E-state index in [4.69, 9.17) is 14.5 Å². The van der Waals surface area contributed by atoms with Gasteiger partial charge in [-0.05, 0) is 39.3 Å². The summed E-state index contributed by atoms with van der Waals surface area (Å²) in [6.45, 7) is 6.37. The SMILES string of the molecule is CCN(C[C@H]1C[C@@H](Nc2nc(NCC(F)(F)F)nc(C)c2-c2nc3ccccc3s2)[C@@H]2OC(C)(C)O[C@H]12)S(C)(=O)=O. The van der Waals surface area contributed by atoms with Crippen molar-refractivity contribution in [2.24, 2.45) is 5.92 Å². The van der Waals surface area contributed by atoms with Gasteiger partial charge in [0.1, 0.15) is 23.5 Å². The van der Waals surface area contributed by atoms with E-state index < -0.39 is 40.7 Å². The maximum atomic E-state index is 13.0. The molecule has 2 fully saturated rings. The van der Waals surface area contributed by atoms with Crippen LogP contribution in [-0.4, -0.2) is 83.8 Å². The summed E-state index contributed by atoms with van der Waals surface area (Å²) in [6.07, 6.45) is -3.62. The molecule has 224 valence electrons. The lowest BCUT2D eigenvalue weighted by molar-refractivity contribution is -0.157. The number of fused-ring (bicyclic) bond motifs is 2. The number of aromatic nitrogens is 3. The van der Waals surface area contributed by atoms with Gasteiger partial charge in [-0.3, -0.25) is 0 Å². The zero-order chi connectivity index (χ0) is 29.7. The largest absolute Gasteiger partial charge is 0.405 e. The monoisotopic (exact) mass is 614 g/mol. The first-order chi connectivity index (χ1) is 19.1. The number of rotatable bonds is 9. The molecule has 3 heterocycles. The number of halogens is 3. The van der Waals surface area contributed by atoms with Crippen LogP contribution < -0.4 is 10.6 Å². The van der Waals surface area contributed by atoms with Crippen LogP contribution >= 0.6 is 11.3 Å². The van der Waals surface area contributed by atoms with E-state index in [0.29, 0.717) is 35.0 Å². The van der Waals surface area contributed by atoms with Gasteiger partial charge in [-0.15, -0.1) is 11.3 Å². The van der Waals surface area contributed by atoms with Gasteiger partial charge in [0.25, 0.3) is 0 Å². The van der Waals surface area contributed by atoms with Crippen LogP contribution in [0.2, 0.25) is 0 Å². The molecule has 0 radical (unpaired) electrons. The van der Waals surface area contributed by atoms with Crippen molar-refractivity contribution in [1.82, 2.24) is 19.3 Å². The van der Waals surface area contributed by atoms with E-state index in [1.807, 2.05) is 24.3 Å². The molecule has 1 saturated carbocycles. The number of nitrogens with one attached hydrogen (secondary N) is 2. The van der Waals surface area contributed by atoms with Crippen molar-refractivity contribution < 1.29 is 31.1 Å². The van der Waals surface area contributed by atoms with Crippen LogP contribution in [0.3, 0.4) is 0 Å². The highest BCUT2D eigenvalue weighted by Crippen LogP contribution is 2.44. The van der Waals surface area contributed by atoms with E-state index >= 15 is 0 Å². The fourth-order valence-electron chi connectivity index (χ4n) is 5.51. The Bertz CT molecular complexity index is 1500. The standard InChI is InChI=1S/C26H33F3N6O4S2/c1-6-35(41(5,36)37)12-15-11-17(21-20(15)38-25(3,4)39-21)32-22-19(23-33-16-9-7-8-10-18(16)40-23)14(2)31-24(34-22)30-13-26(27,28)29/h7-10,15,17,20-21H,6,11-13H2,1-5H3,(H2,30,31,32,34)/t15-,17-,20-,21+/m1/s1. The van der Waals surface area contributed by atoms with Crippen molar-refractivity contribution in [2.75, 3.05) is 36.5 Å². The Hall–Kier alpha value is -2.59. The highest BCUT2D eigenvalue weighted by atomic mass is 32.2. The average Bonchev–Trinajstić information content (AvgIpc) is 3.51. The fraction of sp³-hybridized carbons (Fsp3) is 0.577. The summed E-state index contributed by atoms with van der Waals surface area (Å²) in [4.78, 5) is 13.5. The molecule has 1 saturated heterocycles. The highest BCUT2D eigenvalue weighted by Gasteiger charge is 2.54. The molecule has 1 aliphatic carbocycles. The Morgan fingerprint density at radius 2 is 1.85 bits per heavy atom. The number of aryl methyl sites for hydroxylation is 1. The summed E-state index contributed by atoms with van der Waals surface area (Å²) in [5.74, 6) is -0.941. The second-order valence-corrected chi connectivity index (χ2v) is 13.8. The second kappa shape index (κ2) is 10.9. The van der Waals surface area contributed by atoms with E-state index in [-0.39, 0.29) is 24.5 Å². The minimum Gasteiger partial charge on any atom is -0.364 e. The van der Waals surface area contributed by atoms with Gasteiger partial charge in [0.15, 0.2) is 5.79 Å².